The number of aromatic nitrogens is 7. The van der Waals surface area contributed by atoms with Gasteiger partial charge in [0.1, 0.15) is 6.33 Å². The maximum absolute atomic E-state index is 13.1. The maximum Gasteiger partial charge on any atom is 0.264 e. The monoisotopic (exact) mass is 354 g/mol. The molecule has 0 fully saturated rings. The summed E-state index contributed by atoms with van der Waals surface area (Å²) in [5.74, 6) is 0.548. The summed E-state index contributed by atoms with van der Waals surface area (Å²) in [6, 6.07) is 0. The van der Waals surface area contributed by atoms with Gasteiger partial charge in [0.15, 0.2) is 5.65 Å². The summed E-state index contributed by atoms with van der Waals surface area (Å²) in [4.78, 5) is 24.2. The predicted molar refractivity (Wildman–Crippen MR) is 99.3 cm³/mol. The van der Waals surface area contributed by atoms with Gasteiger partial charge >= 0.3 is 0 Å². The molecule has 0 spiro atoms. The Morgan fingerprint density at radius 3 is 2.58 bits per heavy atom. The number of hydrogen-bond donors (Lipinski definition) is 0. The lowest BCUT2D eigenvalue weighted by molar-refractivity contribution is 0.290. The second-order valence-electron chi connectivity index (χ2n) is 6.17. The van der Waals surface area contributed by atoms with Crippen LogP contribution in [0.3, 0.4) is 0 Å². The number of hydrogen-bond acceptors (Lipinski definition) is 6. The molecule has 9 nitrogen and oxygen atoms in total. The Labute approximate surface area is 149 Å². The predicted octanol–water partition coefficient (Wildman–Crippen LogP) is 1.15. The Morgan fingerprint density at radius 2 is 1.85 bits per heavy atom. The highest BCUT2D eigenvalue weighted by molar-refractivity contribution is 6.02. The molecule has 4 aromatic rings. The number of likely N-dealkylation sites (N-methyl/N-ethyl adjacent to an activating group) is 1. The van der Waals surface area contributed by atoms with Crippen molar-refractivity contribution in [1.82, 2.24) is 38.8 Å². The van der Waals surface area contributed by atoms with E-state index in [1.165, 1.54) is 6.33 Å². The number of rotatable bonds is 6. The standard InChI is InChI=1S/C17H22N8O/c1-4-22(5-2)7-8-23-16(26)13-9-18-15-12(10-20-24(15)6-3)14(13)25-17(23)19-11-21-25/h9-11H,4-8H2,1-3H3. The molecule has 0 radical (unpaired) electrons. The summed E-state index contributed by atoms with van der Waals surface area (Å²) in [7, 11) is 0. The van der Waals surface area contributed by atoms with Gasteiger partial charge in [0.2, 0.25) is 5.78 Å². The van der Waals surface area contributed by atoms with Gasteiger partial charge in [-0.3, -0.25) is 9.36 Å². The highest BCUT2D eigenvalue weighted by atomic mass is 16.1. The average molecular weight is 354 g/mol. The zero-order chi connectivity index (χ0) is 18.3. The summed E-state index contributed by atoms with van der Waals surface area (Å²) in [5.41, 5.74) is 1.37. The molecule has 0 N–H and O–H groups in total. The minimum absolute atomic E-state index is 0.0914. The van der Waals surface area contributed by atoms with Crippen LogP contribution in [0.15, 0.2) is 23.5 Å². The van der Waals surface area contributed by atoms with E-state index in [4.69, 9.17) is 0 Å². The van der Waals surface area contributed by atoms with Gasteiger partial charge in [0, 0.05) is 25.8 Å². The van der Waals surface area contributed by atoms with Gasteiger partial charge in [-0.25, -0.2) is 9.67 Å². The van der Waals surface area contributed by atoms with E-state index in [-0.39, 0.29) is 5.56 Å². The SMILES string of the molecule is CCN(CC)CCn1c(=O)c2cnc3c(cnn3CC)c2n2ncnc12. The molecular weight excluding hydrogens is 332 g/mol. The third kappa shape index (κ3) is 2.38. The quantitative estimate of drug-likeness (QED) is 0.516. The van der Waals surface area contributed by atoms with Crippen LogP contribution in [0.2, 0.25) is 0 Å². The molecule has 26 heavy (non-hydrogen) atoms. The van der Waals surface area contributed by atoms with Crippen LogP contribution in [0.4, 0.5) is 0 Å². The van der Waals surface area contributed by atoms with Crippen molar-refractivity contribution in [2.24, 2.45) is 0 Å². The summed E-state index contributed by atoms with van der Waals surface area (Å²) >= 11 is 0. The van der Waals surface area contributed by atoms with Crippen molar-refractivity contribution in [3.05, 3.63) is 29.1 Å². The molecule has 0 aromatic carbocycles. The Morgan fingerprint density at radius 1 is 1.04 bits per heavy atom. The fourth-order valence-electron chi connectivity index (χ4n) is 3.43. The zero-order valence-electron chi connectivity index (χ0n) is 15.3. The second kappa shape index (κ2) is 6.49. The van der Waals surface area contributed by atoms with E-state index in [1.54, 1.807) is 21.5 Å². The topological polar surface area (TPSA) is 86.1 Å². The van der Waals surface area contributed by atoms with Crippen molar-refractivity contribution >= 4 is 27.7 Å². The van der Waals surface area contributed by atoms with Crippen LogP contribution >= 0.6 is 0 Å². The number of nitrogens with zero attached hydrogens (tertiary/aromatic N) is 8. The van der Waals surface area contributed by atoms with E-state index < -0.39 is 0 Å². The van der Waals surface area contributed by atoms with E-state index in [0.717, 1.165) is 30.7 Å². The van der Waals surface area contributed by atoms with Crippen molar-refractivity contribution < 1.29 is 0 Å². The van der Waals surface area contributed by atoms with Gasteiger partial charge in [-0.15, -0.1) is 0 Å². The van der Waals surface area contributed by atoms with Gasteiger partial charge in [-0.05, 0) is 20.0 Å². The smallest absolute Gasteiger partial charge is 0.264 e. The zero-order valence-corrected chi connectivity index (χ0v) is 15.3. The molecule has 0 bridgehead atoms. The van der Waals surface area contributed by atoms with Gasteiger partial charge in [-0.2, -0.15) is 19.7 Å². The van der Waals surface area contributed by atoms with Crippen LogP contribution < -0.4 is 5.56 Å². The van der Waals surface area contributed by atoms with Gasteiger partial charge in [0.25, 0.3) is 5.56 Å². The highest BCUT2D eigenvalue weighted by Crippen LogP contribution is 2.21. The molecule has 0 aliphatic heterocycles. The molecule has 136 valence electrons. The summed E-state index contributed by atoms with van der Waals surface area (Å²) in [5, 5.41) is 10.1. The van der Waals surface area contributed by atoms with Crippen molar-refractivity contribution in [3.63, 3.8) is 0 Å². The third-order valence-electron chi connectivity index (χ3n) is 4.93. The van der Waals surface area contributed by atoms with Crippen LogP contribution in [0.25, 0.3) is 27.7 Å². The molecule has 9 heteroatoms. The first-order chi connectivity index (χ1) is 12.7. The van der Waals surface area contributed by atoms with Gasteiger partial charge in [-0.1, -0.05) is 13.8 Å². The first kappa shape index (κ1) is 16.6. The molecule has 0 atom stereocenters. The second-order valence-corrected chi connectivity index (χ2v) is 6.17. The summed E-state index contributed by atoms with van der Waals surface area (Å²) in [6.07, 6.45) is 4.86. The van der Waals surface area contributed by atoms with E-state index in [2.05, 4.69) is 38.9 Å². The molecule has 0 saturated heterocycles. The maximum atomic E-state index is 13.1. The van der Waals surface area contributed by atoms with Crippen LogP contribution in [0.1, 0.15) is 20.8 Å². The van der Waals surface area contributed by atoms with E-state index in [0.29, 0.717) is 29.8 Å². The first-order valence-corrected chi connectivity index (χ1v) is 8.98. The minimum Gasteiger partial charge on any atom is -0.302 e. The van der Waals surface area contributed by atoms with E-state index in [1.807, 2.05) is 11.6 Å². The lowest BCUT2D eigenvalue weighted by atomic mass is 10.2. The van der Waals surface area contributed by atoms with Gasteiger partial charge < -0.3 is 4.90 Å². The fourth-order valence-corrected chi connectivity index (χ4v) is 3.43. The van der Waals surface area contributed by atoms with Crippen LogP contribution in [0, 0.1) is 0 Å². The fraction of sp³-hybridized carbons (Fsp3) is 0.471. The molecule has 0 aliphatic carbocycles. The van der Waals surface area contributed by atoms with Crippen molar-refractivity contribution in [3.8, 4) is 0 Å². The molecule has 0 unspecified atom stereocenters. The van der Waals surface area contributed by atoms with Crippen LogP contribution in [0.5, 0.6) is 0 Å². The first-order valence-electron chi connectivity index (χ1n) is 8.98. The lowest BCUT2D eigenvalue weighted by Gasteiger charge is -2.19. The largest absolute Gasteiger partial charge is 0.302 e. The molecule has 4 aromatic heterocycles. The van der Waals surface area contributed by atoms with Crippen LogP contribution in [-0.2, 0) is 13.1 Å². The molecule has 0 amide bonds. The molecule has 0 saturated carbocycles. The molecule has 4 heterocycles. The number of fused-ring (bicyclic) bond motifs is 5. The third-order valence-corrected chi connectivity index (χ3v) is 4.93. The molecular formula is C17H22N8O. The Kier molecular flexibility index (Phi) is 4.15. The summed E-state index contributed by atoms with van der Waals surface area (Å²) in [6.45, 7) is 10.2. The van der Waals surface area contributed by atoms with Crippen LogP contribution in [-0.4, -0.2) is 58.5 Å². The minimum atomic E-state index is -0.0914. The molecule has 4 rings (SSSR count). The number of aryl methyl sites for hydroxylation is 1. The van der Waals surface area contributed by atoms with Crippen molar-refractivity contribution in [2.75, 3.05) is 19.6 Å². The Bertz CT molecular complexity index is 1130. The highest BCUT2D eigenvalue weighted by Gasteiger charge is 2.18. The Balaban J connectivity index is 1.97. The van der Waals surface area contributed by atoms with E-state index >= 15 is 0 Å². The van der Waals surface area contributed by atoms with Crippen molar-refractivity contribution in [2.45, 2.75) is 33.9 Å². The summed E-state index contributed by atoms with van der Waals surface area (Å²) < 4.78 is 5.22. The molecule has 0 aliphatic rings. The van der Waals surface area contributed by atoms with Gasteiger partial charge in [0.05, 0.1) is 22.5 Å². The average Bonchev–Trinajstić information content (AvgIpc) is 3.30. The number of pyridine rings is 1. The van der Waals surface area contributed by atoms with Crippen molar-refractivity contribution in [1.29, 1.82) is 0 Å². The van der Waals surface area contributed by atoms with E-state index in [9.17, 15) is 4.79 Å². The normalized spacial score (nSPS) is 12.2. The lowest BCUT2D eigenvalue weighted by Crippen LogP contribution is -2.32. The Hall–Kier alpha value is -2.81.